The fourth-order valence-corrected chi connectivity index (χ4v) is 18.4. The van der Waals surface area contributed by atoms with Gasteiger partial charge in [-0.05, 0) is 159 Å². The van der Waals surface area contributed by atoms with Crippen LogP contribution in [0.1, 0.15) is 85.2 Å². The number of nitrogens with one attached hydrogen (secondary N) is 2. The molecule has 1 aromatic heterocycles. The van der Waals surface area contributed by atoms with Crippen molar-refractivity contribution >= 4 is 111 Å². The van der Waals surface area contributed by atoms with E-state index in [0.717, 1.165) is 84.9 Å². The number of benzene rings is 7. The Balaban J connectivity index is 0.748. The maximum atomic E-state index is 14.3. The minimum atomic E-state index is -1.74. The van der Waals surface area contributed by atoms with Crippen molar-refractivity contribution in [2.24, 2.45) is 17.8 Å². The van der Waals surface area contributed by atoms with Crippen LogP contribution in [0.2, 0.25) is 0 Å². The highest BCUT2D eigenvalue weighted by Crippen LogP contribution is 2.60. The van der Waals surface area contributed by atoms with E-state index in [1.54, 1.807) is 26.3 Å². The number of nitrogens with two attached hydrogens (primary N) is 1. The van der Waals surface area contributed by atoms with E-state index in [0.29, 0.717) is 74.9 Å². The second kappa shape index (κ2) is 26.2. The van der Waals surface area contributed by atoms with Gasteiger partial charge in [0.2, 0.25) is 0 Å². The zero-order chi connectivity index (χ0) is 58.7. The first-order valence-corrected chi connectivity index (χ1v) is 34.1. The summed E-state index contributed by atoms with van der Waals surface area (Å²) in [5, 5.41) is 48.4. The second-order valence-electron chi connectivity index (χ2n) is 21.2. The van der Waals surface area contributed by atoms with Gasteiger partial charge < -0.3 is 45.9 Å². The number of carbonyl (C=O) groups excluding carboxylic acids is 1. The first kappa shape index (κ1) is 58.8. The summed E-state index contributed by atoms with van der Waals surface area (Å²) >= 11 is 0. The topological polar surface area (TPSA) is 237 Å². The van der Waals surface area contributed by atoms with Crippen LogP contribution in [0, 0.1) is 17.8 Å². The van der Waals surface area contributed by atoms with Crippen molar-refractivity contribution in [3.05, 3.63) is 189 Å². The van der Waals surface area contributed by atoms with E-state index >= 15 is 0 Å². The third-order valence-electron chi connectivity index (χ3n) is 15.9. The maximum Gasteiger partial charge on any atom is 0.318 e. The van der Waals surface area contributed by atoms with Gasteiger partial charge in [-0.25, -0.2) is 4.68 Å². The first-order chi connectivity index (χ1) is 41.3. The van der Waals surface area contributed by atoms with Gasteiger partial charge in [0.05, 0.1) is 70.4 Å². The van der Waals surface area contributed by atoms with Crippen LogP contribution in [-0.2, 0) is 48.1 Å². The van der Waals surface area contributed by atoms with E-state index in [1.807, 2.05) is 85.1 Å². The standard InChI is InChI=1S/C63H58N6O10S6/c1-34-55-46-15-12-43-30-51(46)58(56(34)61(71)72)47-16-13-44(29-50(47)55)83-84-53-4-2-3-35-27-52(60(70)65-17-19-77-21-23-79-24-22-78-20-18-69-33-40(67-68-69)32-66-39-8-6-38(64)7-9-39)54(31-48(35)53)85-82-41-11-14-45-37(26-41)25-36-5-10-42(80-81-43)28-49(36)57(45)59(62(73)74)63(75)76/h2-16,26-31,33-34,55-59,66H,17-25,32,64H2,1H3,(H,65,70)(H,71,72)(H,73,74)(H,75,76). The highest BCUT2D eigenvalue weighted by Gasteiger charge is 2.51. The summed E-state index contributed by atoms with van der Waals surface area (Å²) in [4.78, 5) is 58.6. The summed E-state index contributed by atoms with van der Waals surface area (Å²) in [5.41, 5.74) is 16.1. The molecule has 10 aliphatic heterocycles. The summed E-state index contributed by atoms with van der Waals surface area (Å²) in [5.74, 6) is -7.84. The Hall–Kier alpha value is -6.60. The molecule has 7 aromatic carbocycles. The van der Waals surface area contributed by atoms with Gasteiger partial charge in [-0.15, -0.1) is 5.10 Å². The number of ether oxygens (including phenoxy) is 3. The quantitative estimate of drug-likeness (QED) is 0.0180. The van der Waals surface area contributed by atoms with E-state index in [2.05, 4.69) is 76.4 Å². The lowest BCUT2D eigenvalue weighted by Gasteiger charge is -2.48. The highest BCUT2D eigenvalue weighted by atomic mass is 33.1. The van der Waals surface area contributed by atoms with Gasteiger partial charge in [0, 0.05) is 65.0 Å². The van der Waals surface area contributed by atoms with E-state index in [-0.39, 0.29) is 36.8 Å². The Bertz CT molecular complexity index is 3850. The van der Waals surface area contributed by atoms with E-state index in [4.69, 9.17) is 19.9 Å². The maximum absolute atomic E-state index is 14.3. The number of nitrogens with zero attached hydrogens (tertiary/aromatic N) is 3. The Morgan fingerprint density at radius 2 is 1.25 bits per heavy atom. The van der Waals surface area contributed by atoms with E-state index in [1.165, 1.54) is 43.2 Å². The molecule has 1 amide bonds. The number of carboxylic acid groups (broad SMARTS) is 3. The van der Waals surface area contributed by atoms with Crippen molar-refractivity contribution in [3.8, 4) is 0 Å². The summed E-state index contributed by atoms with van der Waals surface area (Å²) in [7, 11) is 9.23. The van der Waals surface area contributed by atoms with Crippen LogP contribution in [0.25, 0.3) is 10.8 Å². The molecule has 8 aromatic rings. The first-order valence-electron chi connectivity index (χ1n) is 27.7. The average molecular weight is 1250 g/mol. The lowest BCUT2D eigenvalue weighted by molar-refractivity contribution is -0.155. The Morgan fingerprint density at radius 3 is 1.95 bits per heavy atom. The summed E-state index contributed by atoms with van der Waals surface area (Å²) in [6.45, 7) is 5.61. The molecule has 0 saturated carbocycles. The van der Waals surface area contributed by atoms with Gasteiger partial charge in [0.25, 0.3) is 5.91 Å². The molecule has 5 unspecified atom stereocenters. The van der Waals surface area contributed by atoms with Crippen molar-refractivity contribution in [2.45, 2.75) is 73.6 Å². The molecule has 85 heavy (non-hydrogen) atoms. The minimum Gasteiger partial charge on any atom is -0.481 e. The normalized spacial score (nSPS) is 18.3. The number of hydrogen-bond donors (Lipinski definition) is 6. The molecule has 22 rings (SSSR count). The number of hydrogen-bond acceptors (Lipinski definition) is 17. The Kier molecular flexibility index (Phi) is 18.1. The van der Waals surface area contributed by atoms with E-state index < -0.39 is 35.7 Å². The van der Waals surface area contributed by atoms with Crippen LogP contribution >= 0.6 is 64.8 Å². The van der Waals surface area contributed by atoms with Crippen molar-refractivity contribution in [2.75, 3.05) is 57.2 Å². The zero-order valence-corrected chi connectivity index (χ0v) is 50.7. The predicted molar refractivity (Wildman–Crippen MR) is 335 cm³/mol. The number of amides is 1. The zero-order valence-electron chi connectivity index (χ0n) is 45.8. The summed E-state index contributed by atoms with van der Waals surface area (Å²) in [6, 6.07) is 42.0. The van der Waals surface area contributed by atoms with Crippen LogP contribution in [0.15, 0.2) is 163 Å². The number of aromatic nitrogens is 3. The lowest BCUT2D eigenvalue weighted by Crippen LogP contribution is -2.42. The number of rotatable bonds is 20. The van der Waals surface area contributed by atoms with Crippen LogP contribution in [0.3, 0.4) is 0 Å². The second-order valence-corrected chi connectivity index (χ2v) is 27.9. The average Bonchev–Trinajstić information content (AvgIpc) is 1.17. The number of nitrogen functional groups attached to an aromatic ring is 1. The Labute approximate surface area is 514 Å². The molecule has 22 heteroatoms. The van der Waals surface area contributed by atoms with Crippen LogP contribution in [0.5, 0.6) is 0 Å². The molecule has 4 aliphatic carbocycles. The number of fused-ring (bicyclic) bond motifs is 1. The molecule has 0 fully saturated rings. The fourth-order valence-electron chi connectivity index (χ4n) is 12.0. The largest absolute Gasteiger partial charge is 0.481 e. The molecule has 16 bridgehead atoms. The molecule has 16 nitrogen and oxygen atoms in total. The molecule has 5 atom stereocenters. The molecule has 11 heterocycles. The van der Waals surface area contributed by atoms with Crippen LogP contribution < -0.4 is 16.4 Å². The number of carbonyl (C=O) groups is 4. The Morgan fingerprint density at radius 1 is 0.635 bits per heavy atom. The van der Waals surface area contributed by atoms with Gasteiger partial charge in [-0.1, -0.05) is 113 Å². The molecule has 0 radical (unpaired) electrons. The van der Waals surface area contributed by atoms with Crippen LogP contribution in [0.4, 0.5) is 11.4 Å². The van der Waals surface area contributed by atoms with Gasteiger partial charge in [-0.2, -0.15) is 0 Å². The van der Waals surface area contributed by atoms with E-state index in [9.17, 15) is 34.5 Å². The minimum absolute atomic E-state index is 0.120. The summed E-state index contributed by atoms with van der Waals surface area (Å²) < 4.78 is 19.1. The highest BCUT2D eigenvalue weighted by molar-refractivity contribution is 8.77. The molecular weight excluding hydrogens is 1190 g/mol. The van der Waals surface area contributed by atoms with Gasteiger partial charge >= 0.3 is 17.9 Å². The molecule has 0 spiro atoms. The van der Waals surface area contributed by atoms with Crippen LogP contribution in [-0.4, -0.2) is 100 Å². The molecule has 14 aliphatic rings. The van der Waals surface area contributed by atoms with Crippen molar-refractivity contribution in [1.82, 2.24) is 20.3 Å². The number of anilines is 2. The molecule has 7 N–H and O–H groups in total. The summed E-state index contributed by atoms with van der Waals surface area (Å²) in [6.07, 6.45) is 2.34. The third-order valence-corrected chi connectivity index (χ3v) is 23.2. The SMILES string of the molecule is CC1C2c3cc4ccc3C(c3cc(ccc32)SSc2ccc3c(c2)C(C(C(=O)O)C(=O)O)c2ccc(cc2C3)SSc2cc3c(cccc3cc2C(=O)NCCOCCOCCOCCn2cc(CNc3ccc(N)cc3)nn2)SS4)C1C(=O)O. The monoisotopic (exact) mass is 1250 g/mol. The van der Waals surface area contributed by atoms with Crippen molar-refractivity contribution in [1.29, 1.82) is 0 Å². The predicted octanol–water partition coefficient (Wildman–Crippen LogP) is 12.6. The van der Waals surface area contributed by atoms with Gasteiger partial charge in [-0.3, -0.25) is 19.2 Å². The lowest BCUT2D eigenvalue weighted by atomic mass is 9.55. The van der Waals surface area contributed by atoms with Gasteiger partial charge in [0.1, 0.15) is 5.69 Å². The molecular formula is C63H58N6O10S6. The van der Waals surface area contributed by atoms with Crippen molar-refractivity contribution in [3.63, 3.8) is 0 Å². The fraction of sp³-hybridized carbons (Fsp3) is 0.270. The smallest absolute Gasteiger partial charge is 0.318 e. The molecule has 0 saturated heterocycles. The number of carboxylic acids is 3. The van der Waals surface area contributed by atoms with Gasteiger partial charge in [0.15, 0.2) is 5.92 Å². The number of aliphatic carboxylic acids is 3. The van der Waals surface area contributed by atoms with Crippen molar-refractivity contribution < 1.29 is 48.7 Å². The third kappa shape index (κ3) is 12.8. The molecule has 436 valence electrons.